The first-order valence-corrected chi connectivity index (χ1v) is 7.15. The van der Waals surface area contributed by atoms with Gasteiger partial charge in [-0.05, 0) is 31.2 Å². The summed E-state index contributed by atoms with van der Waals surface area (Å²) in [5.41, 5.74) is 0. The van der Waals surface area contributed by atoms with E-state index in [2.05, 4.69) is 26.1 Å². The SMILES string of the molecule is CCCNC(C(CC)CC)C1CCC(F)(F)C1. The van der Waals surface area contributed by atoms with Gasteiger partial charge in [-0.25, -0.2) is 8.78 Å². The predicted molar refractivity (Wildman–Crippen MR) is 68.4 cm³/mol. The van der Waals surface area contributed by atoms with Crippen LogP contribution in [0.25, 0.3) is 0 Å². The van der Waals surface area contributed by atoms with E-state index >= 15 is 0 Å². The van der Waals surface area contributed by atoms with Crippen LogP contribution in [0.1, 0.15) is 59.3 Å². The summed E-state index contributed by atoms with van der Waals surface area (Å²) in [5.74, 6) is -1.70. The fraction of sp³-hybridized carbons (Fsp3) is 1.00. The van der Waals surface area contributed by atoms with Gasteiger partial charge < -0.3 is 5.32 Å². The second kappa shape index (κ2) is 6.67. The highest BCUT2D eigenvalue weighted by molar-refractivity contribution is 4.91. The second-order valence-electron chi connectivity index (χ2n) is 5.42. The van der Waals surface area contributed by atoms with E-state index in [0.717, 1.165) is 25.8 Å². The Kier molecular flexibility index (Phi) is 5.84. The van der Waals surface area contributed by atoms with E-state index in [1.54, 1.807) is 0 Å². The third kappa shape index (κ3) is 4.20. The summed E-state index contributed by atoms with van der Waals surface area (Å²) in [4.78, 5) is 0. The molecule has 1 aliphatic rings. The van der Waals surface area contributed by atoms with Crippen LogP contribution in [-0.2, 0) is 0 Å². The lowest BCUT2D eigenvalue weighted by Crippen LogP contribution is -2.42. The Hall–Kier alpha value is -0.180. The summed E-state index contributed by atoms with van der Waals surface area (Å²) in [6, 6.07) is 0.290. The van der Waals surface area contributed by atoms with Gasteiger partial charge in [0.15, 0.2) is 0 Å². The molecule has 0 radical (unpaired) electrons. The van der Waals surface area contributed by atoms with Gasteiger partial charge in [-0.15, -0.1) is 0 Å². The van der Waals surface area contributed by atoms with Crippen LogP contribution in [0.2, 0.25) is 0 Å². The molecular formula is C14H27F2N. The van der Waals surface area contributed by atoms with Crippen LogP contribution in [0.3, 0.4) is 0 Å². The van der Waals surface area contributed by atoms with Crippen LogP contribution in [0.15, 0.2) is 0 Å². The normalized spacial score (nSPS) is 25.4. The van der Waals surface area contributed by atoms with Crippen LogP contribution in [0.4, 0.5) is 8.78 Å². The van der Waals surface area contributed by atoms with Crippen LogP contribution in [-0.4, -0.2) is 18.5 Å². The van der Waals surface area contributed by atoms with Crippen LogP contribution < -0.4 is 5.32 Å². The first kappa shape index (κ1) is 14.9. The van der Waals surface area contributed by atoms with Gasteiger partial charge in [0.05, 0.1) is 0 Å². The number of hydrogen-bond acceptors (Lipinski definition) is 1. The van der Waals surface area contributed by atoms with Gasteiger partial charge in [-0.2, -0.15) is 0 Å². The molecule has 102 valence electrons. The summed E-state index contributed by atoms with van der Waals surface area (Å²) >= 11 is 0. The molecular weight excluding hydrogens is 220 g/mol. The van der Waals surface area contributed by atoms with Crippen molar-refractivity contribution in [2.45, 2.75) is 71.3 Å². The van der Waals surface area contributed by atoms with Gasteiger partial charge >= 0.3 is 0 Å². The van der Waals surface area contributed by atoms with Crippen molar-refractivity contribution in [3.63, 3.8) is 0 Å². The van der Waals surface area contributed by atoms with Gasteiger partial charge in [0, 0.05) is 18.9 Å². The largest absolute Gasteiger partial charge is 0.313 e. The highest BCUT2D eigenvalue weighted by Gasteiger charge is 2.43. The zero-order chi connectivity index (χ0) is 12.9. The standard InChI is InChI=1S/C14H27F2N/c1-4-9-17-13(11(5-2)6-3)12-7-8-14(15,16)10-12/h11-13,17H,4-10H2,1-3H3. The monoisotopic (exact) mass is 247 g/mol. The maximum absolute atomic E-state index is 13.3. The number of alkyl halides is 2. The lowest BCUT2D eigenvalue weighted by Gasteiger charge is -2.31. The third-order valence-electron chi connectivity index (χ3n) is 4.14. The highest BCUT2D eigenvalue weighted by atomic mass is 19.3. The molecule has 1 rings (SSSR count). The minimum absolute atomic E-state index is 0.0854. The van der Waals surface area contributed by atoms with E-state index in [9.17, 15) is 8.78 Å². The van der Waals surface area contributed by atoms with Crippen LogP contribution in [0, 0.1) is 11.8 Å². The minimum atomic E-state index is -2.41. The van der Waals surface area contributed by atoms with Crippen molar-refractivity contribution < 1.29 is 8.78 Å². The summed E-state index contributed by atoms with van der Waals surface area (Å²) in [6.07, 6.45) is 4.09. The summed E-state index contributed by atoms with van der Waals surface area (Å²) < 4.78 is 26.6. The maximum Gasteiger partial charge on any atom is 0.248 e. The molecule has 1 aliphatic carbocycles. The number of hydrogen-bond donors (Lipinski definition) is 1. The van der Waals surface area contributed by atoms with E-state index < -0.39 is 5.92 Å². The van der Waals surface area contributed by atoms with Crippen LogP contribution >= 0.6 is 0 Å². The average molecular weight is 247 g/mol. The molecule has 0 saturated heterocycles. The molecule has 1 saturated carbocycles. The van der Waals surface area contributed by atoms with Crippen LogP contribution in [0.5, 0.6) is 0 Å². The third-order valence-corrected chi connectivity index (χ3v) is 4.14. The zero-order valence-corrected chi connectivity index (χ0v) is 11.4. The molecule has 0 aromatic rings. The summed E-state index contributed by atoms with van der Waals surface area (Å²) in [7, 11) is 0. The Balaban J connectivity index is 2.62. The lowest BCUT2D eigenvalue weighted by atomic mass is 9.83. The molecule has 0 aromatic heterocycles. The van der Waals surface area contributed by atoms with Crippen molar-refractivity contribution in [1.29, 1.82) is 0 Å². The number of nitrogens with one attached hydrogen (secondary N) is 1. The smallest absolute Gasteiger partial charge is 0.248 e. The Labute approximate surface area is 104 Å². The summed E-state index contributed by atoms with van der Waals surface area (Å²) in [6.45, 7) is 7.41. The van der Waals surface area contributed by atoms with E-state index in [0.29, 0.717) is 18.4 Å². The fourth-order valence-corrected chi connectivity index (χ4v) is 3.12. The topological polar surface area (TPSA) is 12.0 Å². The quantitative estimate of drug-likeness (QED) is 0.710. The van der Waals surface area contributed by atoms with E-state index in [-0.39, 0.29) is 18.8 Å². The zero-order valence-electron chi connectivity index (χ0n) is 11.4. The second-order valence-corrected chi connectivity index (χ2v) is 5.42. The highest BCUT2D eigenvalue weighted by Crippen LogP contribution is 2.42. The first-order valence-electron chi connectivity index (χ1n) is 7.15. The Morgan fingerprint density at radius 2 is 1.88 bits per heavy atom. The van der Waals surface area contributed by atoms with Gasteiger partial charge in [-0.1, -0.05) is 33.6 Å². The molecule has 0 spiro atoms. The molecule has 1 nitrogen and oxygen atoms in total. The Bertz CT molecular complexity index is 214. The van der Waals surface area contributed by atoms with Crippen molar-refractivity contribution in [2.24, 2.45) is 11.8 Å². The molecule has 1 N–H and O–H groups in total. The molecule has 0 amide bonds. The minimum Gasteiger partial charge on any atom is -0.313 e. The van der Waals surface area contributed by atoms with Gasteiger partial charge in [0.2, 0.25) is 5.92 Å². The molecule has 0 aliphatic heterocycles. The molecule has 1 fully saturated rings. The average Bonchev–Trinajstić information content (AvgIpc) is 2.65. The van der Waals surface area contributed by atoms with E-state index in [1.165, 1.54) is 0 Å². The van der Waals surface area contributed by atoms with Gasteiger partial charge in [0.1, 0.15) is 0 Å². The van der Waals surface area contributed by atoms with Crippen molar-refractivity contribution in [3.05, 3.63) is 0 Å². The molecule has 3 heteroatoms. The van der Waals surface area contributed by atoms with Gasteiger partial charge in [-0.3, -0.25) is 0 Å². The molecule has 0 heterocycles. The molecule has 17 heavy (non-hydrogen) atoms. The Morgan fingerprint density at radius 3 is 2.29 bits per heavy atom. The Morgan fingerprint density at radius 1 is 1.24 bits per heavy atom. The molecule has 2 atom stereocenters. The van der Waals surface area contributed by atoms with Crippen molar-refractivity contribution in [1.82, 2.24) is 5.32 Å². The van der Waals surface area contributed by atoms with E-state index in [1.807, 2.05) is 0 Å². The lowest BCUT2D eigenvalue weighted by molar-refractivity contribution is 0.00192. The summed E-state index contributed by atoms with van der Waals surface area (Å²) in [5, 5.41) is 3.52. The molecule has 2 unspecified atom stereocenters. The number of halogens is 2. The van der Waals surface area contributed by atoms with Crippen molar-refractivity contribution in [3.8, 4) is 0 Å². The fourth-order valence-electron chi connectivity index (χ4n) is 3.12. The van der Waals surface area contributed by atoms with Gasteiger partial charge in [0.25, 0.3) is 0 Å². The molecule has 0 aromatic carbocycles. The van der Waals surface area contributed by atoms with Crippen molar-refractivity contribution in [2.75, 3.05) is 6.54 Å². The molecule has 0 bridgehead atoms. The maximum atomic E-state index is 13.3. The predicted octanol–water partition coefficient (Wildman–Crippen LogP) is 4.23. The van der Waals surface area contributed by atoms with E-state index in [4.69, 9.17) is 0 Å². The first-order chi connectivity index (χ1) is 8.04. The number of rotatable bonds is 7. The van der Waals surface area contributed by atoms with Crippen molar-refractivity contribution >= 4 is 0 Å².